The molecule has 12 heavy (non-hydrogen) atoms. The summed E-state index contributed by atoms with van der Waals surface area (Å²) in [5.41, 5.74) is 5.15. The molecular weight excluding hydrogens is 158 g/mol. The standard InChI is InChI=1S/C7H11N3O2/c8-6(11)5-2-1-4-3-10(5)7(12)9-4/h4-5H,1-3H2,(H2,8,11)(H,9,12)/t4-,5-/m0/s1. The number of nitrogens with zero attached hydrogens (tertiary/aromatic N) is 1. The first-order valence-corrected chi connectivity index (χ1v) is 4.05. The number of hydrogen-bond acceptors (Lipinski definition) is 2. The first-order chi connectivity index (χ1) is 5.68. The van der Waals surface area contributed by atoms with Crippen LogP contribution in [0.25, 0.3) is 0 Å². The van der Waals surface area contributed by atoms with Crippen LogP contribution in [-0.2, 0) is 4.79 Å². The highest BCUT2D eigenvalue weighted by molar-refractivity contribution is 5.87. The second kappa shape index (κ2) is 2.36. The molecule has 0 aromatic rings. The zero-order valence-electron chi connectivity index (χ0n) is 6.62. The molecule has 2 aliphatic rings. The summed E-state index contributed by atoms with van der Waals surface area (Å²) in [5.74, 6) is -0.398. The number of carbonyl (C=O) groups is 2. The molecule has 3 N–H and O–H groups in total. The number of hydrogen-bond donors (Lipinski definition) is 2. The predicted octanol–water partition coefficient (Wildman–Crippen LogP) is -0.972. The summed E-state index contributed by atoms with van der Waals surface area (Å²) in [5, 5.41) is 2.78. The topological polar surface area (TPSA) is 75.4 Å². The lowest BCUT2D eigenvalue weighted by atomic mass is 10.0. The van der Waals surface area contributed by atoms with Crippen LogP contribution in [0.3, 0.4) is 0 Å². The Morgan fingerprint density at radius 1 is 1.58 bits per heavy atom. The van der Waals surface area contributed by atoms with Gasteiger partial charge in [0.2, 0.25) is 5.91 Å². The highest BCUT2D eigenvalue weighted by Crippen LogP contribution is 2.22. The fourth-order valence-electron chi connectivity index (χ4n) is 1.87. The summed E-state index contributed by atoms with van der Waals surface area (Å²) in [6, 6.07) is -0.307. The van der Waals surface area contributed by atoms with Crippen molar-refractivity contribution >= 4 is 11.9 Å². The molecule has 0 aliphatic carbocycles. The van der Waals surface area contributed by atoms with Crippen molar-refractivity contribution in [3.05, 3.63) is 0 Å². The minimum atomic E-state index is -0.398. The number of urea groups is 1. The molecule has 0 spiro atoms. The van der Waals surface area contributed by atoms with Crippen LogP contribution in [0.1, 0.15) is 12.8 Å². The van der Waals surface area contributed by atoms with Gasteiger partial charge in [0.25, 0.3) is 0 Å². The van der Waals surface area contributed by atoms with Gasteiger partial charge in [-0.3, -0.25) is 4.79 Å². The smallest absolute Gasteiger partial charge is 0.318 e. The van der Waals surface area contributed by atoms with Crippen LogP contribution >= 0.6 is 0 Å². The Morgan fingerprint density at radius 3 is 3.00 bits per heavy atom. The number of fused-ring (bicyclic) bond motifs is 2. The second-order valence-corrected chi connectivity index (χ2v) is 3.29. The van der Waals surface area contributed by atoms with Gasteiger partial charge in [0.15, 0.2) is 0 Å². The quantitative estimate of drug-likeness (QED) is 0.529. The van der Waals surface area contributed by atoms with Crippen molar-refractivity contribution in [2.75, 3.05) is 6.54 Å². The molecule has 0 unspecified atom stereocenters. The third kappa shape index (κ3) is 0.929. The van der Waals surface area contributed by atoms with E-state index in [9.17, 15) is 9.59 Å². The van der Waals surface area contributed by atoms with E-state index in [1.165, 1.54) is 4.90 Å². The van der Waals surface area contributed by atoms with E-state index >= 15 is 0 Å². The molecular formula is C7H11N3O2. The Morgan fingerprint density at radius 2 is 2.33 bits per heavy atom. The summed E-state index contributed by atoms with van der Waals surface area (Å²) in [6.45, 7) is 0.631. The molecule has 2 rings (SSSR count). The summed E-state index contributed by atoms with van der Waals surface area (Å²) in [7, 11) is 0. The van der Waals surface area contributed by atoms with E-state index in [0.29, 0.717) is 13.0 Å². The molecule has 2 atom stereocenters. The molecule has 0 aromatic heterocycles. The van der Waals surface area contributed by atoms with E-state index in [4.69, 9.17) is 5.73 Å². The molecule has 2 aliphatic heterocycles. The first kappa shape index (κ1) is 7.39. The van der Waals surface area contributed by atoms with Gasteiger partial charge in [-0.1, -0.05) is 0 Å². The fourth-order valence-corrected chi connectivity index (χ4v) is 1.87. The van der Waals surface area contributed by atoms with Gasteiger partial charge in [0.05, 0.1) is 0 Å². The number of carbonyl (C=O) groups excluding carboxylic acids is 2. The largest absolute Gasteiger partial charge is 0.368 e. The van der Waals surface area contributed by atoms with Gasteiger partial charge in [-0.25, -0.2) is 4.79 Å². The molecule has 0 saturated carbocycles. The van der Waals surface area contributed by atoms with Gasteiger partial charge < -0.3 is 16.0 Å². The van der Waals surface area contributed by atoms with Crippen LogP contribution in [0.4, 0.5) is 4.79 Å². The van der Waals surface area contributed by atoms with Crippen molar-refractivity contribution in [1.82, 2.24) is 10.2 Å². The molecule has 0 radical (unpaired) electrons. The Kier molecular flexibility index (Phi) is 1.46. The minimum absolute atomic E-state index is 0.152. The van der Waals surface area contributed by atoms with Crippen LogP contribution in [0, 0.1) is 0 Å². The van der Waals surface area contributed by atoms with Gasteiger partial charge in [-0.2, -0.15) is 0 Å². The zero-order valence-corrected chi connectivity index (χ0v) is 6.62. The van der Waals surface area contributed by atoms with Crippen molar-refractivity contribution in [3.63, 3.8) is 0 Å². The number of nitrogens with two attached hydrogens (primary N) is 1. The van der Waals surface area contributed by atoms with Gasteiger partial charge in [-0.15, -0.1) is 0 Å². The van der Waals surface area contributed by atoms with Crippen molar-refractivity contribution in [2.24, 2.45) is 5.73 Å². The lowest BCUT2D eigenvalue weighted by Crippen LogP contribution is -2.47. The van der Waals surface area contributed by atoms with E-state index in [0.717, 1.165) is 6.42 Å². The monoisotopic (exact) mass is 169 g/mol. The Hall–Kier alpha value is -1.26. The predicted molar refractivity (Wildman–Crippen MR) is 41.2 cm³/mol. The van der Waals surface area contributed by atoms with Crippen molar-refractivity contribution < 1.29 is 9.59 Å². The minimum Gasteiger partial charge on any atom is -0.368 e. The maximum Gasteiger partial charge on any atom is 0.318 e. The SMILES string of the molecule is NC(=O)[C@@H]1CC[C@H]2CN1C(=O)N2. The van der Waals surface area contributed by atoms with Crippen LogP contribution in [0.5, 0.6) is 0 Å². The summed E-state index contributed by atoms with van der Waals surface area (Å²) in [4.78, 5) is 23.6. The normalized spacial score (nSPS) is 33.3. The van der Waals surface area contributed by atoms with Gasteiger partial charge in [0.1, 0.15) is 6.04 Å². The molecule has 2 heterocycles. The Balaban J connectivity index is 2.18. The van der Waals surface area contributed by atoms with Crippen LogP contribution in [-0.4, -0.2) is 35.5 Å². The molecule has 5 heteroatoms. The zero-order chi connectivity index (χ0) is 8.72. The highest BCUT2D eigenvalue weighted by Gasteiger charge is 2.40. The summed E-state index contributed by atoms with van der Waals surface area (Å²) in [6.07, 6.45) is 1.55. The third-order valence-electron chi connectivity index (χ3n) is 2.50. The van der Waals surface area contributed by atoms with Gasteiger partial charge >= 0.3 is 6.03 Å². The fraction of sp³-hybridized carbons (Fsp3) is 0.714. The lowest BCUT2D eigenvalue weighted by Gasteiger charge is -2.27. The molecule has 2 bridgehead atoms. The van der Waals surface area contributed by atoms with E-state index in [1.54, 1.807) is 0 Å². The second-order valence-electron chi connectivity index (χ2n) is 3.29. The van der Waals surface area contributed by atoms with Gasteiger partial charge in [0, 0.05) is 12.6 Å². The van der Waals surface area contributed by atoms with E-state index < -0.39 is 5.91 Å². The molecule has 0 aromatic carbocycles. The molecule has 3 amide bonds. The molecule has 5 nitrogen and oxygen atoms in total. The summed E-state index contributed by atoms with van der Waals surface area (Å²) < 4.78 is 0. The van der Waals surface area contributed by atoms with E-state index in [2.05, 4.69) is 5.32 Å². The van der Waals surface area contributed by atoms with E-state index in [-0.39, 0.29) is 18.1 Å². The van der Waals surface area contributed by atoms with E-state index in [1.807, 2.05) is 0 Å². The van der Waals surface area contributed by atoms with Gasteiger partial charge in [-0.05, 0) is 12.8 Å². The number of amides is 3. The maximum atomic E-state index is 11.2. The molecule has 2 fully saturated rings. The Labute approximate surface area is 69.9 Å². The van der Waals surface area contributed by atoms with Crippen molar-refractivity contribution in [2.45, 2.75) is 24.9 Å². The number of piperidine rings is 1. The van der Waals surface area contributed by atoms with Crippen LogP contribution in [0.15, 0.2) is 0 Å². The lowest BCUT2D eigenvalue weighted by molar-refractivity contribution is -0.122. The highest BCUT2D eigenvalue weighted by atomic mass is 16.2. The number of nitrogens with one attached hydrogen (secondary N) is 1. The number of primary amides is 1. The van der Waals surface area contributed by atoms with Crippen LogP contribution in [0.2, 0.25) is 0 Å². The third-order valence-corrected chi connectivity index (χ3v) is 2.50. The Bertz CT molecular complexity index is 241. The van der Waals surface area contributed by atoms with Crippen LogP contribution < -0.4 is 11.1 Å². The molecule has 2 saturated heterocycles. The average Bonchev–Trinajstić information content (AvgIpc) is 2.28. The first-order valence-electron chi connectivity index (χ1n) is 4.05. The van der Waals surface area contributed by atoms with Crippen molar-refractivity contribution in [1.29, 1.82) is 0 Å². The van der Waals surface area contributed by atoms with Crippen molar-refractivity contribution in [3.8, 4) is 0 Å². The molecule has 66 valence electrons. The maximum absolute atomic E-state index is 11.2. The number of rotatable bonds is 1. The average molecular weight is 169 g/mol. The summed E-state index contributed by atoms with van der Waals surface area (Å²) >= 11 is 0.